The average molecular weight is 879 g/mol. The number of nitrogens with zero attached hydrogens (tertiary/aromatic N) is 2. The molecule has 0 bridgehead atoms. The molecule has 8 heteroatoms. The highest BCUT2D eigenvalue weighted by Gasteiger charge is 2.53. The van der Waals surface area contributed by atoms with Gasteiger partial charge in [0.15, 0.2) is 0 Å². The molecule has 2 fully saturated rings. The van der Waals surface area contributed by atoms with Crippen molar-refractivity contribution in [3.8, 4) is 11.4 Å². The van der Waals surface area contributed by atoms with E-state index in [1.165, 1.54) is 115 Å². The fraction of sp³-hybridized carbons (Fsp3) is 0.414. The number of benzene rings is 6. The smallest absolute Gasteiger partial charge is 0.399 e. The van der Waals surface area contributed by atoms with Gasteiger partial charge in [-0.25, -0.2) is 0 Å². The zero-order valence-corrected chi connectivity index (χ0v) is 41.1. The summed E-state index contributed by atoms with van der Waals surface area (Å²) in [6, 6.07) is 41.4. The molecule has 8 aromatic rings. The molecule has 0 saturated carbocycles. The highest BCUT2D eigenvalue weighted by molar-refractivity contribution is 6.63. The van der Waals surface area contributed by atoms with Crippen LogP contribution in [0.4, 0.5) is 0 Å². The number of unbranched alkanes of at least 4 members (excludes halogenated alkanes) is 6. The Morgan fingerprint density at radius 3 is 1.39 bits per heavy atom. The Morgan fingerprint density at radius 2 is 0.848 bits per heavy atom. The van der Waals surface area contributed by atoms with E-state index >= 15 is 0 Å². The van der Waals surface area contributed by atoms with Crippen LogP contribution in [0.3, 0.4) is 0 Å². The van der Waals surface area contributed by atoms with Gasteiger partial charge in [-0.05, 0) is 150 Å². The molecule has 66 heavy (non-hydrogen) atoms. The lowest BCUT2D eigenvalue weighted by Gasteiger charge is -2.32. The second-order valence-corrected chi connectivity index (χ2v) is 21.3. The molecule has 0 unspecified atom stereocenters. The third-order valence-corrected chi connectivity index (χ3v) is 15.8. The minimum Gasteiger partial charge on any atom is -0.399 e. The van der Waals surface area contributed by atoms with Gasteiger partial charge >= 0.3 is 14.2 Å². The number of rotatable bonds is 14. The fourth-order valence-corrected chi connectivity index (χ4v) is 10.5. The summed E-state index contributed by atoms with van der Waals surface area (Å²) >= 11 is 0. The first-order valence-corrected chi connectivity index (χ1v) is 25.0. The van der Waals surface area contributed by atoms with E-state index in [1.54, 1.807) is 0 Å². The van der Waals surface area contributed by atoms with Crippen molar-refractivity contribution in [1.29, 1.82) is 0 Å². The Hall–Kier alpha value is -4.85. The predicted octanol–water partition coefficient (Wildman–Crippen LogP) is 13.9. The van der Waals surface area contributed by atoms with Crippen LogP contribution in [0.2, 0.25) is 0 Å². The van der Waals surface area contributed by atoms with Crippen LogP contribution in [0.1, 0.15) is 132 Å². The zero-order valence-electron chi connectivity index (χ0n) is 41.1. The van der Waals surface area contributed by atoms with Crippen molar-refractivity contribution in [2.45, 2.75) is 156 Å². The molecule has 2 saturated heterocycles. The molecule has 0 amide bonds. The van der Waals surface area contributed by atoms with Crippen LogP contribution in [0, 0.1) is 0 Å². The van der Waals surface area contributed by atoms with Crippen molar-refractivity contribution in [3.05, 3.63) is 120 Å². The lowest BCUT2D eigenvalue weighted by Crippen LogP contribution is -2.41. The van der Waals surface area contributed by atoms with Crippen LogP contribution in [-0.4, -0.2) is 45.8 Å². The summed E-state index contributed by atoms with van der Waals surface area (Å²) in [5, 5.41) is 7.45. The van der Waals surface area contributed by atoms with E-state index in [-0.39, 0.29) is 0 Å². The van der Waals surface area contributed by atoms with Gasteiger partial charge in [0, 0.05) is 32.9 Å². The average Bonchev–Trinajstić information content (AvgIpc) is 3.95. The standard InChI is InChI=1S/C58H68B2N2O4/c1-11-13-15-17-24-40-36-53(62-50-34-31-43(60-65-57(7,8)58(9,10)66-60)38-47(50)54-44-26-20-19-23-39(44)29-32-51(54)62)41(25-18-16-14-12-2)35-52(40)61-48-28-22-21-27-45(48)46-37-42(30-33-49(46)61)59-63-55(3,4)56(5,6)64-59/h19-23,26-38H,11-18,24-25H2,1-10H3. The molecule has 0 N–H and O–H groups in total. The first-order chi connectivity index (χ1) is 31.6. The summed E-state index contributed by atoms with van der Waals surface area (Å²) in [5.41, 5.74) is 10.6. The summed E-state index contributed by atoms with van der Waals surface area (Å²) < 4.78 is 31.7. The van der Waals surface area contributed by atoms with Gasteiger partial charge in [-0.1, -0.05) is 125 Å². The normalized spacial score (nSPS) is 17.7. The predicted molar refractivity (Wildman–Crippen MR) is 280 cm³/mol. The van der Waals surface area contributed by atoms with Crippen LogP contribution in [0.5, 0.6) is 0 Å². The number of fused-ring (bicyclic) bond motifs is 8. The van der Waals surface area contributed by atoms with Crippen molar-refractivity contribution in [1.82, 2.24) is 9.13 Å². The largest absolute Gasteiger partial charge is 0.494 e. The molecular formula is C58H68B2N2O4. The van der Waals surface area contributed by atoms with E-state index in [4.69, 9.17) is 18.6 Å². The van der Waals surface area contributed by atoms with Crippen LogP contribution in [0.15, 0.2) is 109 Å². The summed E-state index contributed by atoms with van der Waals surface area (Å²) in [6.45, 7) is 21.7. The molecule has 10 rings (SSSR count). The quantitative estimate of drug-likeness (QED) is 0.0806. The van der Waals surface area contributed by atoms with Gasteiger partial charge in [-0.2, -0.15) is 0 Å². The molecule has 340 valence electrons. The Labute approximate surface area is 393 Å². The SMILES string of the molecule is CCCCCCc1cc(-n2c3ccc(B4OC(C)(C)C(C)(C)O4)cc3c3c4ccccc4ccc32)c(CCCCCC)cc1-n1c2ccccc2c2cc(B3OC(C)(C)C(C)(C)O3)ccc21. The van der Waals surface area contributed by atoms with Crippen molar-refractivity contribution in [2.75, 3.05) is 0 Å². The van der Waals surface area contributed by atoms with Crippen LogP contribution in [-0.2, 0) is 31.5 Å². The minimum absolute atomic E-state index is 0.415. The zero-order chi connectivity index (χ0) is 46.2. The second-order valence-electron chi connectivity index (χ2n) is 21.3. The number of hydrogen-bond acceptors (Lipinski definition) is 4. The molecule has 0 aliphatic carbocycles. The molecular weight excluding hydrogens is 810 g/mol. The number of hydrogen-bond donors (Lipinski definition) is 0. The summed E-state index contributed by atoms with van der Waals surface area (Å²) in [6.07, 6.45) is 11.5. The van der Waals surface area contributed by atoms with E-state index in [2.05, 4.69) is 188 Å². The molecule has 0 spiro atoms. The summed E-state index contributed by atoms with van der Waals surface area (Å²) in [7, 11) is -0.879. The molecule has 6 aromatic carbocycles. The van der Waals surface area contributed by atoms with Gasteiger partial charge in [0.2, 0.25) is 0 Å². The summed E-state index contributed by atoms with van der Waals surface area (Å²) in [4.78, 5) is 0. The first-order valence-electron chi connectivity index (χ1n) is 25.0. The van der Waals surface area contributed by atoms with Gasteiger partial charge < -0.3 is 27.8 Å². The van der Waals surface area contributed by atoms with Crippen molar-refractivity contribution in [3.63, 3.8) is 0 Å². The molecule has 0 atom stereocenters. The molecule has 0 radical (unpaired) electrons. The highest BCUT2D eigenvalue weighted by atomic mass is 16.7. The maximum absolute atomic E-state index is 6.66. The topological polar surface area (TPSA) is 46.8 Å². The van der Waals surface area contributed by atoms with Crippen molar-refractivity contribution >= 4 is 79.5 Å². The minimum atomic E-state index is -0.449. The number of aryl methyl sites for hydroxylation is 2. The maximum Gasteiger partial charge on any atom is 0.494 e. The Kier molecular flexibility index (Phi) is 11.6. The highest BCUT2D eigenvalue weighted by Crippen LogP contribution is 2.43. The number of para-hydroxylation sites is 1. The van der Waals surface area contributed by atoms with Crippen LogP contribution in [0.25, 0.3) is 65.8 Å². The Morgan fingerprint density at radius 1 is 0.409 bits per heavy atom. The van der Waals surface area contributed by atoms with Gasteiger partial charge in [0.1, 0.15) is 0 Å². The lowest BCUT2D eigenvalue weighted by atomic mass is 9.78. The maximum atomic E-state index is 6.66. The van der Waals surface area contributed by atoms with Crippen molar-refractivity contribution < 1.29 is 18.6 Å². The van der Waals surface area contributed by atoms with Gasteiger partial charge in [-0.3, -0.25) is 0 Å². The molecule has 6 nitrogen and oxygen atoms in total. The molecule has 2 aliphatic heterocycles. The molecule has 2 aromatic heterocycles. The third kappa shape index (κ3) is 7.61. The third-order valence-electron chi connectivity index (χ3n) is 15.8. The van der Waals surface area contributed by atoms with Crippen molar-refractivity contribution in [2.24, 2.45) is 0 Å². The summed E-state index contributed by atoms with van der Waals surface area (Å²) in [5.74, 6) is 0. The van der Waals surface area contributed by atoms with Gasteiger partial charge in [0.05, 0.1) is 44.5 Å². The van der Waals surface area contributed by atoms with E-state index < -0.39 is 36.6 Å². The van der Waals surface area contributed by atoms with Gasteiger partial charge in [-0.15, -0.1) is 0 Å². The van der Waals surface area contributed by atoms with E-state index in [0.29, 0.717) is 0 Å². The lowest BCUT2D eigenvalue weighted by molar-refractivity contribution is 0.00578. The molecule has 4 heterocycles. The molecule has 2 aliphatic rings. The monoisotopic (exact) mass is 879 g/mol. The number of aromatic nitrogens is 2. The Balaban J connectivity index is 1.21. The van der Waals surface area contributed by atoms with Crippen LogP contribution < -0.4 is 10.9 Å². The van der Waals surface area contributed by atoms with E-state index in [9.17, 15) is 0 Å². The van der Waals surface area contributed by atoms with E-state index in [0.717, 1.165) is 36.6 Å². The Bertz CT molecular complexity index is 3090. The van der Waals surface area contributed by atoms with Crippen LogP contribution >= 0.6 is 0 Å². The fourth-order valence-electron chi connectivity index (χ4n) is 10.5. The second kappa shape index (κ2) is 17.0. The first kappa shape index (κ1) is 45.0. The van der Waals surface area contributed by atoms with E-state index in [1.807, 2.05) is 0 Å². The van der Waals surface area contributed by atoms with Gasteiger partial charge in [0.25, 0.3) is 0 Å².